The van der Waals surface area contributed by atoms with Crippen molar-refractivity contribution in [3.05, 3.63) is 88.2 Å². The molecule has 0 heterocycles. The number of carbonyl (C=O) groups excluding carboxylic acids is 1. The highest BCUT2D eigenvalue weighted by Gasteiger charge is 2.20. The first-order valence-electron chi connectivity index (χ1n) is 9.19. The molecule has 0 saturated carbocycles. The lowest BCUT2D eigenvalue weighted by atomic mass is 10.2. The summed E-state index contributed by atoms with van der Waals surface area (Å²) in [5.41, 5.74) is 1.50. The zero-order valence-corrected chi connectivity index (χ0v) is 18.4. The Balaban J connectivity index is 1.77. The first kappa shape index (κ1) is 22.7. The number of carbonyl (C=O) groups is 1. The van der Waals surface area contributed by atoms with Crippen LogP contribution in [0, 0.1) is 12.7 Å². The summed E-state index contributed by atoms with van der Waals surface area (Å²) in [5, 5.41) is 2.97. The molecule has 0 unspecified atom stereocenters. The summed E-state index contributed by atoms with van der Waals surface area (Å²) in [6.45, 7) is 1.83. The molecule has 0 bridgehead atoms. The number of nitrogens with one attached hydrogen (secondary N) is 2. The zero-order valence-electron chi connectivity index (χ0n) is 16.8. The average molecular weight is 463 g/mol. The summed E-state index contributed by atoms with van der Waals surface area (Å²) < 4.78 is 47.1. The third-order valence-corrected chi connectivity index (χ3v) is 6.35. The maximum Gasteiger partial charge on any atom is 0.258 e. The summed E-state index contributed by atoms with van der Waals surface area (Å²) >= 11 is 6.04. The van der Waals surface area contributed by atoms with Crippen LogP contribution in [0.5, 0.6) is 5.75 Å². The highest BCUT2D eigenvalue weighted by atomic mass is 35.5. The Morgan fingerprint density at radius 1 is 1.06 bits per heavy atom. The van der Waals surface area contributed by atoms with Crippen molar-refractivity contribution < 1.29 is 22.3 Å². The van der Waals surface area contributed by atoms with Crippen molar-refractivity contribution in [1.82, 2.24) is 4.72 Å². The second-order valence-electron chi connectivity index (χ2n) is 6.73. The van der Waals surface area contributed by atoms with Gasteiger partial charge in [-0.3, -0.25) is 4.79 Å². The Kier molecular flexibility index (Phi) is 6.94. The molecule has 0 aliphatic carbocycles. The number of benzene rings is 3. The van der Waals surface area contributed by atoms with E-state index < -0.39 is 27.3 Å². The van der Waals surface area contributed by atoms with Crippen LogP contribution >= 0.6 is 11.6 Å². The van der Waals surface area contributed by atoms with Crippen molar-refractivity contribution in [2.45, 2.75) is 18.4 Å². The first-order chi connectivity index (χ1) is 14.7. The zero-order chi connectivity index (χ0) is 22.6. The van der Waals surface area contributed by atoms with Gasteiger partial charge in [-0.05, 0) is 60.5 Å². The molecule has 0 aromatic heterocycles. The Hall–Kier alpha value is -2.94. The van der Waals surface area contributed by atoms with Gasteiger partial charge in [0.2, 0.25) is 10.0 Å². The van der Waals surface area contributed by atoms with E-state index in [9.17, 15) is 17.6 Å². The molecule has 0 saturated heterocycles. The van der Waals surface area contributed by atoms with Gasteiger partial charge in [0.1, 0.15) is 11.6 Å². The van der Waals surface area contributed by atoms with Gasteiger partial charge >= 0.3 is 0 Å². The molecule has 0 fully saturated rings. The predicted octanol–water partition coefficient (Wildman–Crippen LogP) is 4.53. The van der Waals surface area contributed by atoms with Crippen molar-refractivity contribution in [2.24, 2.45) is 0 Å². The topological polar surface area (TPSA) is 84.5 Å². The maximum atomic E-state index is 14.3. The van der Waals surface area contributed by atoms with Gasteiger partial charge in [0.25, 0.3) is 5.91 Å². The molecular weight excluding hydrogens is 443 g/mol. The molecule has 6 nitrogen and oxygen atoms in total. The van der Waals surface area contributed by atoms with Crippen LogP contribution in [0.25, 0.3) is 0 Å². The van der Waals surface area contributed by atoms with Crippen LogP contribution in [0.15, 0.2) is 65.6 Å². The number of halogens is 2. The fraction of sp³-hybridized carbons (Fsp3) is 0.136. The highest BCUT2D eigenvalue weighted by Crippen LogP contribution is 2.22. The Bertz CT molecular complexity index is 1210. The van der Waals surface area contributed by atoms with Crippen LogP contribution in [0.4, 0.5) is 10.1 Å². The molecule has 9 heteroatoms. The van der Waals surface area contributed by atoms with E-state index in [1.165, 1.54) is 13.2 Å². The lowest BCUT2D eigenvalue weighted by Crippen LogP contribution is -2.24. The number of amides is 1. The molecule has 0 radical (unpaired) electrons. The van der Waals surface area contributed by atoms with Crippen molar-refractivity contribution in [3.8, 4) is 5.75 Å². The first-order valence-corrected chi connectivity index (χ1v) is 11.1. The van der Waals surface area contributed by atoms with Gasteiger partial charge in [-0.25, -0.2) is 17.5 Å². The fourth-order valence-corrected chi connectivity index (χ4v) is 3.94. The van der Waals surface area contributed by atoms with E-state index in [2.05, 4.69) is 10.0 Å². The summed E-state index contributed by atoms with van der Waals surface area (Å²) in [6, 6.07) is 14.8. The van der Waals surface area contributed by atoms with Crippen molar-refractivity contribution >= 4 is 33.2 Å². The fourth-order valence-electron chi connectivity index (χ4n) is 2.72. The van der Waals surface area contributed by atoms with Crippen LogP contribution in [-0.4, -0.2) is 21.4 Å². The molecule has 31 heavy (non-hydrogen) atoms. The van der Waals surface area contributed by atoms with Gasteiger partial charge in [0.05, 0.1) is 17.6 Å². The number of methoxy groups -OCH3 is 1. The lowest BCUT2D eigenvalue weighted by Gasteiger charge is -2.11. The van der Waals surface area contributed by atoms with Gasteiger partial charge < -0.3 is 10.1 Å². The number of hydrogen-bond acceptors (Lipinski definition) is 4. The van der Waals surface area contributed by atoms with Crippen LogP contribution in [-0.2, 0) is 16.6 Å². The average Bonchev–Trinajstić information content (AvgIpc) is 2.75. The Morgan fingerprint density at radius 2 is 1.77 bits per heavy atom. The Morgan fingerprint density at radius 3 is 2.42 bits per heavy atom. The molecule has 3 rings (SSSR count). The van der Waals surface area contributed by atoms with Gasteiger partial charge in [0.15, 0.2) is 0 Å². The largest absolute Gasteiger partial charge is 0.497 e. The molecule has 2 N–H and O–H groups in total. The predicted molar refractivity (Wildman–Crippen MR) is 118 cm³/mol. The SMILES string of the molecule is COc1ccc(CNS(=O)(=O)c2ccc(F)c(C(=O)Nc3ccc(C)c(Cl)c3)c2)cc1. The molecule has 0 spiro atoms. The molecule has 1 amide bonds. The van der Waals surface area contributed by atoms with Gasteiger partial charge in [-0.2, -0.15) is 0 Å². The van der Waals surface area contributed by atoms with Crippen LogP contribution in [0.2, 0.25) is 5.02 Å². The Labute approximate surface area is 185 Å². The number of sulfonamides is 1. The number of hydrogen-bond donors (Lipinski definition) is 2. The summed E-state index contributed by atoms with van der Waals surface area (Å²) in [4.78, 5) is 12.3. The molecular formula is C22H20ClFN2O4S. The molecule has 3 aromatic rings. The standard InChI is InChI=1S/C22H20ClFN2O4S/c1-14-3-6-16(11-20(14)23)26-22(27)19-12-18(9-10-21(19)24)31(28,29)25-13-15-4-7-17(30-2)8-5-15/h3-12,25H,13H2,1-2H3,(H,26,27). The number of anilines is 1. The van der Waals surface area contributed by atoms with E-state index in [0.29, 0.717) is 22.0 Å². The summed E-state index contributed by atoms with van der Waals surface area (Å²) in [7, 11) is -2.45. The monoisotopic (exact) mass is 462 g/mol. The number of aryl methyl sites for hydroxylation is 1. The van der Waals surface area contributed by atoms with E-state index in [1.54, 1.807) is 43.3 Å². The van der Waals surface area contributed by atoms with Gasteiger partial charge in [-0.1, -0.05) is 29.8 Å². The summed E-state index contributed by atoms with van der Waals surface area (Å²) in [6.07, 6.45) is 0. The van der Waals surface area contributed by atoms with Crippen molar-refractivity contribution in [1.29, 1.82) is 0 Å². The summed E-state index contributed by atoms with van der Waals surface area (Å²) in [5.74, 6) is -0.981. The van der Waals surface area contributed by atoms with E-state index in [4.69, 9.17) is 16.3 Å². The lowest BCUT2D eigenvalue weighted by molar-refractivity contribution is 0.102. The molecule has 0 aliphatic heterocycles. The van der Waals surface area contributed by atoms with E-state index >= 15 is 0 Å². The van der Waals surface area contributed by atoms with E-state index in [-0.39, 0.29) is 11.4 Å². The highest BCUT2D eigenvalue weighted by molar-refractivity contribution is 7.89. The maximum absolute atomic E-state index is 14.3. The molecule has 0 atom stereocenters. The van der Waals surface area contributed by atoms with Gasteiger partial charge in [-0.15, -0.1) is 0 Å². The minimum atomic E-state index is -3.98. The second-order valence-corrected chi connectivity index (χ2v) is 8.91. The normalized spacial score (nSPS) is 11.2. The van der Waals surface area contributed by atoms with E-state index in [1.807, 2.05) is 0 Å². The quantitative estimate of drug-likeness (QED) is 0.540. The molecule has 0 aliphatic rings. The molecule has 3 aromatic carbocycles. The van der Waals surface area contributed by atoms with Crippen LogP contribution < -0.4 is 14.8 Å². The third-order valence-electron chi connectivity index (χ3n) is 4.55. The van der Waals surface area contributed by atoms with Crippen LogP contribution in [0.1, 0.15) is 21.5 Å². The third kappa shape index (κ3) is 5.61. The second kappa shape index (κ2) is 9.47. The number of ether oxygens (including phenoxy) is 1. The van der Waals surface area contributed by atoms with Gasteiger partial charge in [0, 0.05) is 17.3 Å². The van der Waals surface area contributed by atoms with Crippen molar-refractivity contribution in [3.63, 3.8) is 0 Å². The van der Waals surface area contributed by atoms with E-state index in [0.717, 1.165) is 23.8 Å². The smallest absolute Gasteiger partial charge is 0.258 e. The van der Waals surface area contributed by atoms with Crippen LogP contribution in [0.3, 0.4) is 0 Å². The van der Waals surface area contributed by atoms with Crippen molar-refractivity contribution in [2.75, 3.05) is 12.4 Å². The molecule has 162 valence electrons. The minimum Gasteiger partial charge on any atom is -0.497 e. The number of rotatable bonds is 7. The minimum absolute atomic E-state index is 0.0209.